The Morgan fingerprint density at radius 2 is 0.692 bits per heavy atom. The molecule has 0 heterocycles. The van der Waals surface area contributed by atoms with E-state index in [1.165, 1.54) is 6.92 Å². The topological polar surface area (TPSA) is 279 Å². The monoisotopic (exact) mass is 630 g/mol. The Labute approximate surface area is 223 Å². The molecule has 0 radical (unpaired) electrons. The van der Waals surface area contributed by atoms with Gasteiger partial charge in [-0.25, -0.2) is 13.7 Å². The zero-order valence-corrected chi connectivity index (χ0v) is 23.8. The third kappa shape index (κ3) is 12.9. The van der Waals surface area contributed by atoms with Crippen LogP contribution in [0.3, 0.4) is 0 Å². The molecule has 228 valence electrons. The summed E-state index contributed by atoms with van der Waals surface area (Å²) in [7, 11) is -16.9. The molecule has 0 bridgehead atoms. The molecule has 39 heavy (non-hydrogen) atoms. The molecule has 1 saturated carbocycles. The van der Waals surface area contributed by atoms with Gasteiger partial charge in [0, 0.05) is 19.3 Å². The third-order valence-electron chi connectivity index (χ3n) is 4.88. The maximum absolute atomic E-state index is 12.4. The normalized spacial score (nSPS) is 26.1. The molecule has 1 rings (SSSR count). The third-order valence-corrected chi connectivity index (χ3v) is 6.44. The van der Waals surface area contributed by atoms with Gasteiger partial charge in [0.1, 0.15) is 18.3 Å². The van der Waals surface area contributed by atoms with Crippen LogP contribution < -0.4 is 0 Å². The lowest BCUT2D eigenvalue weighted by Crippen LogP contribution is -2.67. The van der Waals surface area contributed by atoms with E-state index in [4.69, 9.17) is 18.7 Å². The number of carbonyl (C=O) groups excluding carboxylic acids is 3. The smallest absolute Gasteiger partial charge is 0.456 e. The van der Waals surface area contributed by atoms with E-state index in [-0.39, 0.29) is 38.5 Å². The molecular weight excluding hydrogens is 597 g/mol. The number of carbonyl (C=O) groups is 3. The van der Waals surface area contributed by atoms with Crippen molar-refractivity contribution in [2.75, 3.05) is 0 Å². The molecule has 0 aliphatic heterocycles. The van der Waals surface area contributed by atoms with Crippen LogP contribution >= 0.6 is 23.5 Å². The molecule has 21 heteroatoms. The van der Waals surface area contributed by atoms with Crippen molar-refractivity contribution < 1.29 is 85.2 Å². The van der Waals surface area contributed by atoms with E-state index in [9.17, 15) is 57.4 Å². The number of hydrogen-bond acceptors (Lipinski definition) is 12. The highest BCUT2D eigenvalue weighted by molar-refractivity contribution is 7.46. The van der Waals surface area contributed by atoms with Crippen LogP contribution in [0.25, 0.3) is 0 Å². The molecule has 1 aliphatic rings. The van der Waals surface area contributed by atoms with Gasteiger partial charge in [-0.15, -0.1) is 0 Å². The van der Waals surface area contributed by atoms with Gasteiger partial charge in [0.25, 0.3) is 0 Å². The van der Waals surface area contributed by atoms with E-state index in [0.29, 0.717) is 0 Å². The molecule has 0 aromatic heterocycles. The first-order valence-electron chi connectivity index (χ1n) is 11.6. The van der Waals surface area contributed by atoms with Crippen LogP contribution in [0.5, 0.6) is 0 Å². The van der Waals surface area contributed by atoms with E-state index < -0.39 is 78.0 Å². The van der Waals surface area contributed by atoms with Crippen LogP contribution in [0.15, 0.2) is 0 Å². The molecule has 0 unspecified atom stereocenters. The fourth-order valence-corrected chi connectivity index (χ4v) is 5.28. The standard InChI is InChI=1S/C18H33O18P3/c1-4-7-10(19)31-13-14(32-11(20)8-5-2)17(35-38(25,26)27)18(36-39(28,29)30)15(33-12(21)9-6-3)16(13)34-37(22,23)24/h13-18H,4-9H2,1-3H3,(H2,22,23,24)(H2,25,26,27)(H2,28,29,30)/t13-,14+,15-,16+,17+,18+/m0/s1. The lowest BCUT2D eigenvalue weighted by molar-refractivity contribution is -0.240. The van der Waals surface area contributed by atoms with E-state index in [1.54, 1.807) is 13.8 Å². The largest absolute Gasteiger partial charge is 0.470 e. The first-order chi connectivity index (χ1) is 17.8. The molecule has 0 aromatic rings. The van der Waals surface area contributed by atoms with Gasteiger partial charge in [-0.05, 0) is 19.3 Å². The van der Waals surface area contributed by atoms with E-state index in [0.717, 1.165) is 0 Å². The second-order valence-electron chi connectivity index (χ2n) is 8.30. The predicted molar refractivity (Wildman–Crippen MR) is 125 cm³/mol. The summed E-state index contributed by atoms with van der Waals surface area (Å²) in [4.78, 5) is 94.4. The van der Waals surface area contributed by atoms with E-state index >= 15 is 0 Å². The molecule has 1 aliphatic carbocycles. The van der Waals surface area contributed by atoms with E-state index in [2.05, 4.69) is 9.05 Å². The molecule has 6 N–H and O–H groups in total. The molecule has 18 nitrogen and oxygen atoms in total. The fourth-order valence-electron chi connectivity index (χ4n) is 3.60. The van der Waals surface area contributed by atoms with Crippen LogP contribution in [0.1, 0.15) is 59.3 Å². The minimum absolute atomic E-state index is 0.161. The number of ether oxygens (including phenoxy) is 3. The van der Waals surface area contributed by atoms with Crippen molar-refractivity contribution in [3.63, 3.8) is 0 Å². The summed E-state index contributed by atoms with van der Waals surface area (Å²) in [6.45, 7) is 4.64. The van der Waals surface area contributed by atoms with Gasteiger partial charge in [-0.3, -0.25) is 28.0 Å². The zero-order valence-electron chi connectivity index (χ0n) is 21.1. The Balaban J connectivity index is 3.94. The minimum atomic E-state index is -5.66. The average Bonchev–Trinajstić information content (AvgIpc) is 2.73. The zero-order chi connectivity index (χ0) is 30.2. The number of rotatable bonds is 15. The fraction of sp³-hybridized carbons (Fsp3) is 0.833. The summed E-state index contributed by atoms with van der Waals surface area (Å²) in [5.74, 6) is -3.29. The van der Waals surface area contributed by atoms with Gasteiger partial charge >= 0.3 is 41.4 Å². The molecule has 0 amide bonds. The second kappa shape index (κ2) is 15.1. The number of esters is 3. The lowest BCUT2D eigenvalue weighted by Gasteiger charge is -2.47. The highest BCUT2D eigenvalue weighted by Crippen LogP contribution is 2.51. The number of phosphoric acid groups is 3. The average molecular weight is 630 g/mol. The molecule has 0 saturated heterocycles. The first-order valence-corrected chi connectivity index (χ1v) is 16.2. The van der Waals surface area contributed by atoms with Gasteiger partial charge in [0.15, 0.2) is 18.3 Å². The number of phosphoric ester groups is 3. The Hall–Kier alpha value is -1.26. The van der Waals surface area contributed by atoms with Crippen LogP contribution in [0.4, 0.5) is 0 Å². The van der Waals surface area contributed by atoms with Crippen molar-refractivity contribution in [2.24, 2.45) is 0 Å². The van der Waals surface area contributed by atoms with Gasteiger partial charge in [0.05, 0.1) is 0 Å². The second-order valence-corrected chi connectivity index (χ2v) is 11.9. The first kappa shape index (κ1) is 35.8. The Morgan fingerprint density at radius 3 is 0.897 bits per heavy atom. The highest BCUT2D eigenvalue weighted by Gasteiger charge is 2.62. The highest BCUT2D eigenvalue weighted by atomic mass is 31.2. The lowest BCUT2D eigenvalue weighted by atomic mass is 9.84. The van der Waals surface area contributed by atoms with Crippen molar-refractivity contribution >= 4 is 41.4 Å². The summed E-state index contributed by atoms with van der Waals surface area (Å²) in [6, 6.07) is 0. The van der Waals surface area contributed by atoms with E-state index in [1.807, 2.05) is 0 Å². The Kier molecular flexibility index (Phi) is 13.9. The SMILES string of the molecule is CCCC(=O)O[C@@H]1[C@H](OC(=O)CCC)[C@@H](OP(=O)(O)O)[C@H](OC(=O)CCC)[C@@H](OP(=O)(O)O)[C@@H]1OP(=O)(O)O. The summed E-state index contributed by atoms with van der Waals surface area (Å²) in [6.07, 6.45) is -14.5. The van der Waals surface area contributed by atoms with Crippen LogP contribution in [0.2, 0.25) is 0 Å². The van der Waals surface area contributed by atoms with Gasteiger partial charge in [-0.2, -0.15) is 0 Å². The molecule has 0 aromatic carbocycles. The van der Waals surface area contributed by atoms with Crippen LogP contribution in [0, 0.1) is 0 Å². The maximum Gasteiger partial charge on any atom is 0.470 e. The van der Waals surface area contributed by atoms with Crippen molar-refractivity contribution in [1.29, 1.82) is 0 Å². The van der Waals surface area contributed by atoms with Crippen molar-refractivity contribution in [2.45, 2.75) is 95.9 Å². The summed E-state index contributed by atoms with van der Waals surface area (Å²) in [5, 5.41) is 0. The maximum atomic E-state index is 12.4. The quantitative estimate of drug-likeness (QED) is 0.0819. The Bertz CT molecular complexity index is 984. The predicted octanol–water partition coefficient (Wildman–Crippen LogP) is 0.569. The van der Waals surface area contributed by atoms with Crippen LogP contribution in [-0.4, -0.2) is 83.9 Å². The van der Waals surface area contributed by atoms with Gasteiger partial charge in [-0.1, -0.05) is 20.8 Å². The summed E-state index contributed by atoms with van der Waals surface area (Å²) >= 11 is 0. The van der Waals surface area contributed by atoms with Crippen LogP contribution in [-0.2, 0) is 55.9 Å². The minimum Gasteiger partial charge on any atom is -0.456 e. The molecule has 6 atom stereocenters. The summed E-state index contributed by atoms with van der Waals surface area (Å²) in [5.41, 5.74) is 0. The molecule has 0 spiro atoms. The molecular formula is C18H33O18P3. The van der Waals surface area contributed by atoms with Gasteiger partial charge < -0.3 is 43.6 Å². The number of hydrogen-bond donors (Lipinski definition) is 6. The van der Waals surface area contributed by atoms with Crippen molar-refractivity contribution in [3.05, 3.63) is 0 Å². The molecule has 1 fully saturated rings. The Morgan fingerprint density at radius 1 is 0.487 bits per heavy atom. The summed E-state index contributed by atoms with van der Waals surface area (Å²) < 4.78 is 65.0. The van der Waals surface area contributed by atoms with Gasteiger partial charge in [0.2, 0.25) is 0 Å². The van der Waals surface area contributed by atoms with Crippen molar-refractivity contribution in [1.82, 2.24) is 0 Å². The van der Waals surface area contributed by atoms with Crippen molar-refractivity contribution in [3.8, 4) is 0 Å².